The number of hydrogen-bond acceptors (Lipinski definition) is 6. The van der Waals surface area contributed by atoms with Gasteiger partial charge in [0.05, 0.1) is 11.4 Å². The molecule has 0 bridgehead atoms. The molecule has 4 aromatic heterocycles. The van der Waals surface area contributed by atoms with E-state index in [9.17, 15) is 0 Å². The molecule has 0 aliphatic rings. The summed E-state index contributed by atoms with van der Waals surface area (Å²) >= 11 is 1.49. The first-order valence-electron chi connectivity index (χ1n) is 8.22. The molecule has 0 aliphatic heterocycles. The van der Waals surface area contributed by atoms with Crippen LogP contribution in [0.1, 0.15) is 5.69 Å². The molecule has 0 aromatic carbocycles. The standard InChI is InChI=1S/C20H16N6S/c1-4-6-15(21-2)17-11-13-8-9-16(23-18(13)26(17)3)20-25-24-19(27-20)14-7-5-10-22-12-14/h4-12H,1-2H2,3H3/b15-6-. The fourth-order valence-electron chi connectivity index (χ4n) is 2.83. The second-order valence-corrected chi connectivity index (χ2v) is 6.78. The third kappa shape index (κ3) is 3.09. The molecule has 0 fully saturated rings. The van der Waals surface area contributed by atoms with E-state index < -0.39 is 0 Å². The molecule has 0 spiro atoms. The van der Waals surface area contributed by atoms with Crippen LogP contribution in [0, 0.1) is 0 Å². The molecule has 0 aliphatic carbocycles. The van der Waals surface area contributed by atoms with E-state index in [0.29, 0.717) is 0 Å². The van der Waals surface area contributed by atoms with Gasteiger partial charge in [0, 0.05) is 30.4 Å². The van der Waals surface area contributed by atoms with Crippen LogP contribution in [0.2, 0.25) is 0 Å². The molecule has 4 aromatic rings. The van der Waals surface area contributed by atoms with Crippen LogP contribution in [0.4, 0.5) is 0 Å². The number of aryl methyl sites for hydroxylation is 1. The maximum atomic E-state index is 4.79. The molecular formula is C20H16N6S. The molecule has 0 amide bonds. The maximum Gasteiger partial charge on any atom is 0.166 e. The number of fused-ring (bicyclic) bond motifs is 1. The van der Waals surface area contributed by atoms with Crippen molar-refractivity contribution in [1.29, 1.82) is 0 Å². The molecule has 6 nitrogen and oxygen atoms in total. The zero-order valence-corrected chi connectivity index (χ0v) is 15.5. The first-order chi connectivity index (χ1) is 13.2. The Morgan fingerprint density at radius 3 is 2.81 bits per heavy atom. The van der Waals surface area contributed by atoms with Gasteiger partial charge in [0.25, 0.3) is 0 Å². The first kappa shape index (κ1) is 17.0. The zero-order chi connectivity index (χ0) is 18.8. The number of hydrogen-bond donors (Lipinski definition) is 0. The van der Waals surface area contributed by atoms with Crippen molar-refractivity contribution in [1.82, 2.24) is 24.7 Å². The topological polar surface area (TPSA) is 68.8 Å². The predicted octanol–water partition coefficient (Wildman–Crippen LogP) is 4.38. The van der Waals surface area contributed by atoms with Gasteiger partial charge in [0.1, 0.15) is 16.3 Å². The average molecular weight is 372 g/mol. The Morgan fingerprint density at radius 1 is 1.22 bits per heavy atom. The minimum absolute atomic E-state index is 0.752. The summed E-state index contributed by atoms with van der Waals surface area (Å²) in [6.07, 6.45) is 7.04. The summed E-state index contributed by atoms with van der Waals surface area (Å²) in [5.74, 6) is 0. The number of rotatable bonds is 5. The summed E-state index contributed by atoms with van der Waals surface area (Å²) in [5.41, 5.74) is 4.25. The number of allylic oxidation sites excluding steroid dienone is 2. The van der Waals surface area contributed by atoms with Crippen molar-refractivity contribution in [2.24, 2.45) is 12.0 Å². The van der Waals surface area contributed by atoms with Crippen LogP contribution in [0.15, 0.2) is 66.4 Å². The van der Waals surface area contributed by atoms with Gasteiger partial charge in [-0.1, -0.05) is 24.0 Å². The molecule has 7 heteroatoms. The lowest BCUT2D eigenvalue weighted by atomic mass is 10.2. The van der Waals surface area contributed by atoms with E-state index in [2.05, 4.69) is 33.5 Å². The molecular weight excluding hydrogens is 356 g/mol. The molecule has 0 saturated heterocycles. The van der Waals surface area contributed by atoms with Crippen LogP contribution in [0.25, 0.3) is 38.0 Å². The summed E-state index contributed by atoms with van der Waals surface area (Å²) in [7, 11) is 1.96. The quantitative estimate of drug-likeness (QED) is 0.385. The summed E-state index contributed by atoms with van der Waals surface area (Å²) in [6.45, 7) is 7.37. The summed E-state index contributed by atoms with van der Waals surface area (Å²) in [5, 5.41) is 11.2. The van der Waals surface area contributed by atoms with Gasteiger partial charge in [-0.3, -0.25) is 9.98 Å². The lowest BCUT2D eigenvalue weighted by Gasteiger charge is -2.03. The maximum absolute atomic E-state index is 4.79. The molecule has 27 heavy (non-hydrogen) atoms. The molecule has 0 unspecified atom stereocenters. The SMILES string of the molecule is C=C/C=C(\N=C)c1cc2ccc(-c3nnc(-c4cccnc4)s3)nc2n1C. The third-order valence-electron chi connectivity index (χ3n) is 4.14. The fraction of sp³-hybridized carbons (Fsp3) is 0.0500. The summed E-state index contributed by atoms with van der Waals surface area (Å²) in [4.78, 5) is 13.0. The van der Waals surface area contributed by atoms with Gasteiger partial charge < -0.3 is 4.57 Å². The Kier molecular flexibility index (Phi) is 4.43. The number of aromatic nitrogens is 5. The van der Waals surface area contributed by atoms with E-state index in [1.807, 2.05) is 48.0 Å². The minimum atomic E-state index is 0.752. The van der Waals surface area contributed by atoms with Crippen molar-refractivity contribution in [3.05, 3.63) is 67.2 Å². The first-order valence-corrected chi connectivity index (χ1v) is 9.03. The highest BCUT2D eigenvalue weighted by atomic mass is 32.1. The number of aliphatic imine (C=N–C) groups is 1. The second kappa shape index (κ2) is 7.05. The average Bonchev–Trinajstić information content (AvgIpc) is 3.32. The van der Waals surface area contributed by atoms with Crippen LogP contribution in [0.3, 0.4) is 0 Å². The summed E-state index contributed by atoms with van der Waals surface area (Å²) < 4.78 is 1.99. The number of pyridine rings is 2. The van der Waals surface area contributed by atoms with E-state index in [0.717, 1.165) is 43.7 Å². The molecule has 0 atom stereocenters. The van der Waals surface area contributed by atoms with Gasteiger partial charge in [0.15, 0.2) is 5.01 Å². The van der Waals surface area contributed by atoms with Crippen molar-refractivity contribution in [2.75, 3.05) is 0 Å². The van der Waals surface area contributed by atoms with Crippen LogP contribution in [-0.2, 0) is 7.05 Å². The third-order valence-corrected chi connectivity index (χ3v) is 5.13. The van der Waals surface area contributed by atoms with Crippen molar-refractivity contribution >= 4 is 34.8 Å². The summed E-state index contributed by atoms with van der Waals surface area (Å²) in [6, 6.07) is 9.87. The van der Waals surface area contributed by atoms with E-state index in [1.54, 1.807) is 18.5 Å². The van der Waals surface area contributed by atoms with Gasteiger partial charge in [-0.25, -0.2) is 4.98 Å². The van der Waals surface area contributed by atoms with Gasteiger partial charge in [0.2, 0.25) is 0 Å². The van der Waals surface area contributed by atoms with Crippen molar-refractivity contribution in [2.45, 2.75) is 0 Å². The minimum Gasteiger partial charge on any atom is -0.327 e. The highest BCUT2D eigenvalue weighted by Gasteiger charge is 2.14. The van der Waals surface area contributed by atoms with E-state index >= 15 is 0 Å². The largest absolute Gasteiger partial charge is 0.327 e. The van der Waals surface area contributed by atoms with Crippen LogP contribution < -0.4 is 0 Å². The Balaban J connectivity index is 1.77. The zero-order valence-electron chi connectivity index (χ0n) is 14.7. The van der Waals surface area contributed by atoms with Gasteiger partial charge in [-0.15, -0.1) is 10.2 Å². The van der Waals surface area contributed by atoms with Gasteiger partial charge >= 0.3 is 0 Å². The van der Waals surface area contributed by atoms with Crippen molar-refractivity contribution in [3.63, 3.8) is 0 Å². The smallest absolute Gasteiger partial charge is 0.166 e. The highest BCUT2D eigenvalue weighted by Crippen LogP contribution is 2.31. The Labute approximate surface area is 160 Å². The van der Waals surface area contributed by atoms with E-state index in [1.165, 1.54) is 11.3 Å². The predicted molar refractivity (Wildman–Crippen MR) is 111 cm³/mol. The molecule has 0 N–H and O–H groups in total. The van der Waals surface area contributed by atoms with Crippen LogP contribution >= 0.6 is 11.3 Å². The molecule has 4 heterocycles. The molecule has 0 radical (unpaired) electrons. The molecule has 4 rings (SSSR count). The fourth-order valence-corrected chi connectivity index (χ4v) is 3.63. The molecule has 132 valence electrons. The lowest BCUT2D eigenvalue weighted by molar-refractivity contribution is 0.927. The highest BCUT2D eigenvalue weighted by molar-refractivity contribution is 7.17. The van der Waals surface area contributed by atoms with E-state index in [-0.39, 0.29) is 0 Å². The molecule has 0 saturated carbocycles. The van der Waals surface area contributed by atoms with Gasteiger partial charge in [-0.05, 0) is 43.1 Å². The van der Waals surface area contributed by atoms with Gasteiger partial charge in [-0.2, -0.15) is 0 Å². The van der Waals surface area contributed by atoms with Crippen LogP contribution in [0.5, 0.6) is 0 Å². The van der Waals surface area contributed by atoms with Crippen LogP contribution in [-0.4, -0.2) is 31.4 Å². The normalized spacial score (nSPS) is 11.7. The number of nitrogens with zero attached hydrogens (tertiary/aromatic N) is 6. The van der Waals surface area contributed by atoms with Crippen molar-refractivity contribution in [3.8, 4) is 21.3 Å². The Morgan fingerprint density at radius 2 is 2.07 bits per heavy atom. The second-order valence-electron chi connectivity index (χ2n) is 5.80. The Bertz CT molecular complexity index is 1170. The monoisotopic (exact) mass is 372 g/mol. The van der Waals surface area contributed by atoms with Crippen molar-refractivity contribution < 1.29 is 0 Å². The Hall–Kier alpha value is -3.45. The van der Waals surface area contributed by atoms with E-state index in [4.69, 9.17) is 4.98 Å². The lowest BCUT2D eigenvalue weighted by Crippen LogP contribution is -1.96.